The quantitative estimate of drug-likeness (QED) is 0.519. The van der Waals surface area contributed by atoms with Crippen LogP contribution in [0.2, 0.25) is 4.31 Å². The van der Waals surface area contributed by atoms with E-state index in [0.717, 1.165) is 19.3 Å². The summed E-state index contributed by atoms with van der Waals surface area (Å²) in [5, 5.41) is 10.2. The van der Waals surface area contributed by atoms with E-state index >= 15 is 0 Å². The van der Waals surface area contributed by atoms with E-state index in [1.165, 1.54) is 11.6 Å². The molecule has 0 aromatic heterocycles. The number of rotatable bonds is 3. The Balaban J connectivity index is 2.15. The monoisotopic (exact) mass is 342 g/mol. The summed E-state index contributed by atoms with van der Waals surface area (Å²) in [6.07, 6.45) is 2.89. The van der Waals surface area contributed by atoms with Crippen LogP contribution in [0.3, 0.4) is 0 Å². The summed E-state index contributed by atoms with van der Waals surface area (Å²) in [5.74, 6) is -0.646. The number of carbonyl (C=O) groups excluding carboxylic acids is 1. The van der Waals surface area contributed by atoms with Crippen molar-refractivity contribution >= 4 is 25.4 Å². The van der Waals surface area contributed by atoms with Crippen molar-refractivity contribution in [2.45, 2.75) is 43.0 Å². The number of methoxy groups -OCH3 is 1. The maximum atomic E-state index is 11.9. The van der Waals surface area contributed by atoms with E-state index in [9.17, 15) is 9.90 Å². The van der Waals surface area contributed by atoms with E-state index in [1.807, 2.05) is 6.07 Å². The minimum absolute atomic E-state index is 0.102. The number of benzene rings is 1. The van der Waals surface area contributed by atoms with Gasteiger partial charge < -0.3 is 0 Å². The number of esters is 1. The Morgan fingerprint density at radius 3 is 2.75 bits per heavy atom. The van der Waals surface area contributed by atoms with E-state index < -0.39 is 6.10 Å². The average molecular weight is 341 g/mol. The van der Waals surface area contributed by atoms with Gasteiger partial charge in [-0.15, -0.1) is 0 Å². The number of hydrogen-bond acceptors (Lipinski definition) is 3. The Morgan fingerprint density at radius 2 is 2.10 bits per heavy atom. The molecule has 1 saturated carbocycles. The standard InChI is InChI=1S/C16H22O3Se/c1-16(20-12-7-4-3-5-8-12)10-6-9-14(17)13(11-16)15(18)19-2/h3-5,7-8,13-14,17H,6,9-11H2,1-2H3/t13-,14+,16-/m0/s1. The summed E-state index contributed by atoms with van der Waals surface area (Å²) < 4.78 is 6.32. The molecule has 4 heteroatoms. The average Bonchev–Trinajstić information content (AvgIpc) is 2.58. The van der Waals surface area contributed by atoms with Crippen LogP contribution in [0.5, 0.6) is 0 Å². The van der Waals surface area contributed by atoms with Gasteiger partial charge in [-0.05, 0) is 0 Å². The van der Waals surface area contributed by atoms with Crippen molar-refractivity contribution in [2.75, 3.05) is 7.11 Å². The number of carbonyl (C=O) groups is 1. The first kappa shape index (κ1) is 15.6. The number of aliphatic hydroxyl groups excluding tert-OH is 1. The fourth-order valence-corrected chi connectivity index (χ4v) is 5.72. The molecule has 1 aliphatic rings. The van der Waals surface area contributed by atoms with Gasteiger partial charge in [0.1, 0.15) is 0 Å². The molecular formula is C16H22O3Se. The zero-order chi connectivity index (χ0) is 14.6. The first-order valence-corrected chi connectivity index (χ1v) is 8.75. The first-order chi connectivity index (χ1) is 9.54. The van der Waals surface area contributed by atoms with E-state index in [1.54, 1.807) is 0 Å². The molecule has 1 aliphatic carbocycles. The Bertz CT molecular complexity index is 448. The molecule has 0 heterocycles. The van der Waals surface area contributed by atoms with Crippen LogP contribution in [-0.4, -0.2) is 39.2 Å². The second-order valence-electron chi connectivity index (χ2n) is 5.66. The molecule has 1 aromatic carbocycles. The Kier molecular flexibility index (Phi) is 5.25. The third-order valence-corrected chi connectivity index (χ3v) is 6.81. The van der Waals surface area contributed by atoms with Crippen LogP contribution in [0.15, 0.2) is 30.3 Å². The Labute approximate surface area is 126 Å². The first-order valence-electron chi connectivity index (χ1n) is 7.04. The zero-order valence-corrected chi connectivity index (χ0v) is 13.8. The molecule has 3 nitrogen and oxygen atoms in total. The number of ether oxygens (including phenoxy) is 1. The number of hydrogen-bond donors (Lipinski definition) is 1. The molecular weight excluding hydrogens is 319 g/mol. The van der Waals surface area contributed by atoms with Crippen LogP contribution in [0.25, 0.3) is 0 Å². The van der Waals surface area contributed by atoms with Gasteiger partial charge in [-0.3, -0.25) is 0 Å². The number of aliphatic hydroxyl groups is 1. The van der Waals surface area contributed by atoms with Crippen molar-refractivity contribution in [1.29, 1.82) is 0 Å². The predicted octanol–water partition coefficient (Wildman–Crippen LogP) is 1.92. The summed E-state index contributed by atoms with van der Waals surface area (Å²) in [6, 6.07) is 10.4. The molecule has 0 unspecified atom stereocenters. The molecule has 110 valence electrons. The Morgan fingerprint density at radius 1 is 1.40 bits per heavy atom. The van der Waals surface area contributed by atoms with Crippen LogP contribution in [0, 0.1) is 5.92 Å². The molecule has 0 spiro atoms. The van der Waals surface area contributed by atoms with Gasteiger partial charge in [-0.25, -0.2) is 0 Å². The molecule has 1 aromatic rings. The molecule has 0 radical (unpaired) electrons. The fourth-order valence-electron chi connectivity index (χ4n) is 2.85. The van der Waals surface area contributed by atoms with Gasteiger partial charge in [-0.1, -0.05) is 0 Å². The van der Waals surface area contributed by atoms with E-state index in [2.05, 4.69) is 31.2 Å². The topological polar surface area (TPSA) is 46.5 Å². The SMILES string of the molecule is COC(=O)[C@H]1C[C@@](C)([Se]c2ccccc2)CCC[C@H]1O. The summed E-state index contributed by atoms with van der Waals surface area (Å²) in [4.78, 5) is 11.9. The van der Waals surface area contributed by atoms with Gasteiger partial charge in [0.15, 0.2) is 0 Å². The van der Waals surface area contributed by atoms with Crippen LogP contribution in [0.1, 0.15) is 32.6 Å². The van der Waals surface area contributed by atoms with Gasteiger partial charge in [0.2, 0.25) is 0 Å². The van der Waals surface area contributed by atoms with Crippen molar-refractivity contribution in [1.82, 2.24) is 0 Å². The van der Waals surface area contributed by atoms with Crippen LogP contribution < -0.4 is 4.46 Å². The molecule has 0 bridgehead atoms. The van der Waals surface area contributed by atoms with Crippen molar-refractivity contribution in [3.8, 4) is 0 Å². The molecule has 0 saturated heterocycles. The van der Waals surface area contributed by atoms with E-state index in [0.29, 0.717) is 21.4 Å². The molecule has 3 atom stereocenters. The van der Waals surface area contributed by atoms with Crippen molar-refractivity contribution < 1.29 is 14.6 Å². The molecule has 0 amide bonds. The molecule has 1 fully saturated rings. The van der Waals surface area contributed by atoms with Crippen molar-refractivity contribution in [2.24, 2.45) is 5.92 Å². The van der Waals surface area contributed by atoms with E-state index in [-0.39, 0.29) is 16.2 Å². The van der Waals surface area contributed by atoms with E-state index in [4.69, 9.17) is 4.74 Å². The third-order valence-electron chi connectivity index (χ3n) is 3.93. The van der Waals surface area contributed by atoms with Crippen LogP contribution in [0.4, 0.5) is 0 Å². The molecule has 20 heavy (non-hydrogen) atoms. The van der Waals surface area contributed by atoms with Crippen molar-refractivity contribution in [3.05, 3.63) is 30.3 Å². The Hall–Kier alpha value is -0.831. The zero-order valence-electron chi connectivity index (χ0n) is 12.0. The van der Waals surface area contributed by atoms with Crippen LogP contribution in [-0.2, 0) is 9.53 Å². The van der Waals surface area contributed by atoms with Gasteiger partial charge in [0, 0.05) is 0 Å². The molecule has 2 rings (SSSR count). The molecule has 0 aliphatic heterocycles. The van der Waals surface area contributed by atoms with Gasteiger partial charge in [0.25, 0.3) is 0 Å². The summed E-state index contributed by atoms with van der Waals surface area (Å²) >= 11 is 0.296. The molecule has 1 N–H and O–H groups in total. The second kappa shape index (κ2) is 6.75. The normalized spacial score (nSPS) is 30.6. The van der Waals surface area contributed by atoms with Gasteiger partial charge in [0.05, 0.1) is 0 Å². The summed E-state index contributed by atoms with van der Waals surface area (Å²) in [7, 11) is 1.40. The van der Waals surface area contributed by atoms with Crippen LogP contribution >= 0.6 is 0 Å². The minimum atomic E-state index is -0.559. The fraction of sp³-hybridized carbons (Fsp3) is 0.562. The maximum absolute atomic E-state index is 11.9. The predicted molar refractivity (Wildman–Crippen MR) is 80.2 cm³/mol. The van der Waals surface area contributed by atoms with Crippen molar-refractivity contribution in [3.63, 3.8) is 0 Å². The third kappa shape index (κ3) is 3.84. The van der Waals surface area contributed by atoms with Gasteiger partial charge >= 0.3 is 126 Å². The van der Waals surface area contributed by atoms with Gasteiger partial charge in [-0.2, -0.15) is 0 Å². The second-order valence-corrected chi connectivity index (χ2v) is 9.14. The summed E-state index contributed by atoms with van der Waals surface area (Å²) in [6.45, 7) is 2.24. The summed E-state index contributed by atoms with van der Waals surface area (Å²) in [5.41, 5.74) is 0.